The zero-order chi connectivity index (χ0) is 16.0. The van der Waals surface area contributed by atoms with Crippen molar-refractivity contribution in [3.05, 3.63) is 77.4 Å². The number of carboxylic acids is 1. The Bertz CT molecular complexity index is 657. The van der Waals surface area contributed by atoms with Gasteiger partial charge in [-0.15, -0.1) is 0 Å². The van der Waals surface area contributed by atoms with Crippen LogP contribution >= 0.6 is 0 Å². The molecular formula is C19H20O3. The van der Waals surface area contributed by atoms with Crippen LogP contribution in [0.5, 0.6) is 0 Å². The molecule has 0 amide bonds. The summed E-state index contributed by atoms with van der Waals surface area (Å²) < 4.78 is 0. The summed E-state index contributed by atoms with van der Waals surface area (Å²) in [4.78, 5) is 9.00. The Morgan fingerprint density at radius 2 is 1.68 bits per heavy atom. The number of rotatable bonds is 2. The van der Waals surface area contributed by atoms with E-state index < -0.39 is 11.6 Å². The Morgan fingerprint density at radius 3 is 2.36 bits per heavy atom. The molecule has 0 aromatic heterocycles. The number of aliphatic carboxylic acids is 1. The molecule has 0 radical (unpaired) electrons. The van der Waals surface area contributed by atoms with Crippen LogP contribution in [0.2, 0.25) is 0 Å². The van der Waals surface area contributed by atoms with Crippen LogP contribution in [-0.2, 0) is 16.8 Å². The molecule has 0 saturated carbocycles. The van der Waals surface area contributed by atoms with Gasteiger partial charge in [-0.1, -0.05) is 66.7 Å². The van der Waals surface area contributed by atoms with Crippen molar-refractivity contribution in [2.75, 3.05) is 0 Å². The predicted octanol–water partition coefficient (Wildman–Crippen LogP) is 3.62. The maximum absolute atomic E-state index is 10.9. The van der Waals surface area contributed by atoms with E-state index in [0.29, 0.717) is 12.8 Å². The second-order valence-corrected chi connectivity index (χ2v) is 5.41. The zero-order valence-electron chi connectivity index (χ0n) is 12.6. The average Bonchev–Trinajstić information content (AvgIpc) is 2.48. The molecule has 2 N–H and O–H groups in total. The van der Waals surface area contributed by atoms with Crippen molar-refractivity contribution in [3.8, 4) is 0 Å². The zero-order valence-corrected chi connectivity index (χ0v) is 12.6. The standard InChI is InChI=1S/C17H16O.C2H4O2/c18-17(13-14-7-2-1-3-8-14)12-6-10-15-9-4-5-11-16(15)17;1-2(3)4/h1-11,18H,12-13H2;1H3,(H,3,4). The fourth-order valence-electron chi connectivity index (χ4n) is 2.66. The fraction of sp³-hybridized carbons (Fsp3) is 0.211. The number of fused-ring (bicyclic) bond motifs is 1. The van der Waals surface area contributed by atoms with Gasteiger partial charge in [0.25, 0.3) is 5.97 Å². The van der Waals surface area contributed by atoms with E-state index in [0.717, 1.165) is 18.1 Å². The van der Waals surface area contributed by atoms with Crippen LogP contribution in [0.3, 0.4) is 0 Å². The molecular weight excluding hydrogens is 276 g/mol. The van der Waals surface area contributed by atoms with Gasteiger partial charge in [0.1, 0.15) is 0 Å². The van der Waals surface area contributed by atoms with Crippen molar-refractivity contribution in [2.24, 2.45) is 0 Å². The van der Waals surface area contributed by atoms with Crippen molar-refractivity contribution in [1.82, 2.24) is 0 Å². The average molecular weight is 296 g/mol. The van der Waals surface area contributed by atoms with E-state index in [2.05, 4.69) is 30.4 Å². The minimum atomic E-state index is -0.833. The monoisotopic (exact) mass is 296 g/mol. The van der Waals surface area contributed by atoms with Gasteiger partial charge >= 0.3 is 0 Å². The predicted molar refractivity (Wildman–Crippen MR) is 87.4 cm³/mol. The number of carbonyl (C=O) groups is 1. The van der Waals surface area contributed by atoms with Crippen molar-refractivity contribution in [2.45, 2.75) is 25.4 Å². The van der Waals surface area contributed by atoms with E-state index in [1.807, 2.05) is 36.4 Å². The third-order valence-electron chi connectivity index (χ3n) is 3.55. The minimum Gasteiger partial charge on any atom is -0.481 e. The molecule has 1 atom stereocenters. The molecule has 2 aromatic carbocycles. The van der Waals surface area contributed by atoms with Crippen molar-refractivity contribution in [1.29, 1.82) is 0 Å². The number of hydrogen-bond donors (Lipinski definition) is 2. The molecule has 114 valence electrons. The lowest BCUT2D eigenvalue weighted by atomic mass is 9.79. The van der Waals surface area contributed by atoms with Crippen molar-refractivity contribution < 1.29 is 15.0 Å². The summed E-state index contributed by atoms with van der Waals surface area (Å²) in [5.41, 5.74) is 2.57. The van der Waals surface area contributed by atoms with E-state index in [1.54, 1.807) is 0 Å². The Morgan fingerprint density at radius 1 is 1.09 bits per heavy atom. The van der Waals surface area contributed by atoms with Gasteiger partial charge in [0, 0.05) is 13.3 Å². The number of carboxylic acid groups (broad SMARTS) is 1. The number of aliphatic hydroxyl groups is 1. The third-order valence-corrected chi connectivity index (χ3v) is 3.55. The normalized spacial score (nSPS) is 18.8. The third kappa shape index (κ3) is 4.06. The van der Waals surface area contributed by atoms with Crippen LogP contribution in [0.15, 0.2) is 60.7 Å². The Hall–Kier alpha value is -2.39. The molecule has 0 aliphatic heterocycles. The minimum absolute atomic E-state index is 0.662. The van der Waals surface area contributed by atoms with E-state index in [9.17, 15) is 5.11 Å². The van der Waals surface area contributed by atoms with E-state index >= 15 is 0 Å². The second kappa shape index (κ2) is 7.05. The van der Waals surface area contributed by atoms with E-state index in [1.165, 1.54) is 5.56 Å². The molecule has 1 unspecified atom stereocenters. The first-order chi connectivity index (χ1) is 10.5. The van der Waals surface area contributed by atoms with Crippen LogP contribution < -0.4 is 0 Å². The van der Waals surface area contributed by atoms with Crippen LogP contribution in [-0.4, -0.2) is 16.2 Å². The Balaban J connectivity index is 0.000000396. The maximum Gasteiger partial charge on any atom is 0.300 e. The molecule has 1 aliphatic rings. The van der Waals surface area contributed by atoms with Gasteiger partial charge in [-0.2, -0.15) is 0 Å². The van der Waals surface area contributed by atoms with Gasteiger partial charge < -0.3 is 10.2 Å². The lowest BCUT2D eigenvalue weighted by Gasteiger charge is -2.32. The highest BCUT2D eigenvalue weighted by molar-refractivity contribution is 5.63. The van der Waals surface area contributed by atoms with Gasteiger partial charge in [-0.25, -0.2) is 0 Å². The van der Waals surface area contributed by atoms with Gasteiger partial charge in [0.2, 0.25) is 0 Å². The Kier molecular flexibility index (Phi) is 5.12. The molecule has 3 nitrogen and oxygen atoms in total. The van der Waals surface area contributed by atoms with E-state index in [-0.39, 0.29) is 0 Å². The smallest absolute Gasteiger partial charge is 0.300 e. The number of hydrogen-bond acceptors (Lipinski definition) is 2. The van der Waals surface area contributed by atoms with Crippen molar-refractivity contribution in [3.63, 3.8) is 0 Å². The van der Waals surface area contributed by atoms with Gasteiger partial charge in [-0.3, -0.25) is 4.79 Å². The molecule has 3 heteroatoms. The first kappa shape index (κ1) is 16.0. The molecule has 0 spiro atoms. The first-order valence-electron chi connectivity index (χ1n) is 7.23. The molecule has 3 rings (SSSR count). The fourth-order valence-corrected chi connectivity index (χ4v) is 2.66. The number of benzene rings is 2. The van der Waals surface area contributed by atoms with Gasteiger partial charge in [-0.05, 0) is 23.1 Å². The maximum atomic E-state index is 10.9. The summed E-state index contributed by atoms with van der Waals surface area (Å²) in [7, 11) is 0. The van der Waals surface area contributed by atoms with Gasteiger partial charge in [0.15, 0.2) is 0 Å². The summed E-state index contributed by atoms with van der Waals surface area (Å²) in [6.07, 6.45) is 5.49. The molecule has 22 heavy (non-hydrogen) atoms. The second-order valence-electron chi connectivity index (χ2n) is 5.41. The van der Waals surface area contributed by atoms with Gasteiger partial charge in [0.05, 0.1) is 5.60 Å². The SMILES string of the molecule is CC(=O)O.OC1(Cc2ccccc2)CC=Cc2ccccc21. The summed E-state index contributed by atoms with van der Waals surface area (Å²) in [5.74, 6) is -0.833. The van der Waals surface area contributed by atoms with Crippen LogP contribution in [0.25, 0.3) is 6.08 Å². The van der Waals surface area contributed by atoms with E-state index in [4.69, 9.17) is 9.90 Å². The summed E-state index contributed by atoms with van der Waals surface area (Å²) in [6, 6.07) is 18.3. The quantitative estimate of drug-likeness (QED) is 0.890. The highest BCUT2D eigenvalue weighted by Gasteiger charge is 2.31. The lowest BCUT2D eigenvalue weighted by molar-refractivity contribution is -0.134. The molecule has 0 saturated heterocycles. The Labute approximate surface area is 130 Å². The lowest BCUT2D eigenvalue weighted by Crippen LogP contribution is -2.30. The summed E-state index contributed by atoms with van der Waals surface area (Å²) in [6.45, 7) is 1.08. The highest BCUT2D eigenvalue weighted by atomic mass is 16.4. The van der Waals surface area contributed by atoms with Crippen LogP contribution in [0.4, 0.5) is 0 Å². The molecule has 0 bridgehead atoms. The molecule has 2 aromatic rings. The largest absolute Gasteiger partial charge is 0.481 e. The molecule has 0 heterocycles. The van der Waals surface area contributed by atoms with Crippen LogP contribution in [0, 0.1) is 0 Å². The summed E-state index contributed by atoms with van der Waals surface area (Å²) >= 11 is 0. The summed E-state index contributed by atoms with van der Waals surface area (Å²) in [5, 5.41) is 18.3. The first-order valence-corrected chi connectivity index (χ1v) is 7.23. The highest BCUT2D eigenvalue weighted by Crippen LogP contribution is 2.36. The molecule has 1 aliphatic carbocycles. The van der Waals surface area contributed by atoms with Crippen molar-refractivity contribution >= 4 is 12.0 Å². The topological polar surface area (TPSA) is 57.5 Å². The molecule has 0 fully saturated rings. The van der Waals surface area contributed by atoms with Crippen LogP contribution in [0.1, 0.15) is 30.0 Å².